The molecule has 2 rings (SSSR count). The predicted molar refractivity (Wildman–Crippen MR) is 68.7 cm³/mol. The first kappa shape index (κ1) is 14.1. The van der Waals surface area contributed by atoms with Crippen LogP contribution in [0, 0.1) is 5.92 Å². The number of nitrogens with zero attached hydrogens (tertiary/aromatic N) is 2. The van der Waals surface area contributed by atoms with Crippen LogP contribution in [-0.4, -0.2) is 63.3 Å². The highest BCUT2D eigenvalue weighted by Crippen LogP contribution is 2.31. The molecule has 6 nitrogen and oxygen atoms in total. The quantitative estimate of drug-likeness (QED) is 0.789. The lowest BCUT2D eigenvalue weighted by atomic mass is 10.2. The number of carboxylic acid groups (broad SMARTS) is 1. The molecule has 0 bridgehead atoms. The number of hydrogen-bond acceptors (Lipinski definition) is 3. The second-order valence-corrected chi connectivity index (χ2v) is 5.87. The van der Waals surface area contributed by atoms with Gasteiger partial charge in [0.05, 0.1) is 6.10 Å². The molecule has 1 aliphatic carbocycles. The van der Waals surface area contributed by atoms with E-state index in [1.165, 1.54) is 4.90 Å². The molecule has 0 spiro atoms. The van der Waals surface area contributed by atoms with E-state index in [0.29, 0.717) is 12.5 Å². The lowest BCUT2D eigenvalue weighted by Crippen LogP contribution is -2.51. The van der Waals surface area contributed by atoms with Gasteiger partial charge in [0.1, 0.15) is 6.04 Å². The zero-order chi connectivity index (χ0) is 14.2. The van der Waals surface area contributed by atoms with Crippen molar-refractivity contribution in [2.75, 3.05) is 13.1 Å². The maximum absolute atomic E-state index is 12.5. The van der Waals surface area contributed by atoms with Crippen molar-refractivity contribution < 1.29 is 19.8 Å². The first-order valence-electron chi connectivity index (χ1n) is 6.88. The van der Waals surface area contributed by atoms with Crippen LogP contribution in [0.25, 0.3) is 0 Å². The van der Waals surface area contributed by atoms with Gasteiger partial charge in [0.25, 0.3) is 0 Å². The van der Waals surface area contributed by atoms with Crippen molar-refractivity contribution >= 4 is 12.0 Å². The molecule has 2 unspecified atom stereocenters. The molecule has 6 heteroatoms. The Bertz CT molecular complexity index is 368. The number of aliphatic hydroxyl groups is 1. The highest BCUT2D eigenvalue weighted by Gasteiger charge is 2.41. The third-order valence-corrected chi connectivity index (χ3v) is 3.83. The summed E-state index contributed by atoms with van der Waals surface area (Å²) in [4.78, 5) is 26.7. The summed E-state index contributed by atoms with van der Waals surface area (Å²) in [6, 6.07) is -1.12. The Morgan fingerprint density at radius 1 is 1.37 bits per heavy atom. The average Bonchev–Trinajstić information content (AvgIpc) is 3.05. The van der Waals surface area contributed by atoms with Gasteiger partial charge in [-0.1, -0.05) is 0 Å². The molecule has 1 heterocycles. The van der Waals surface area contributed by atoms with Crippen LogP contribution in [-0.2, 0) is 4.79 Å². The Balaban J connectivity index is 2.08. The summed E-state index contributed by atoms with van der Waals surface area (Å²) in [5, 5.41) is 18.7. The fourth-order valence-corrected chi connectivity index (χ4v) is 2.51. The Hall–Kier alpha value is -1.30. The van der Waals surface area contributed by atoms with E-state index in [0.717, 1.165) is 12.8 Å². The molecular formula is C13H22N2O4. The number of carbonyl (C=O) groups excluding carboxylic acids is 1. The predicted octanol–water partition coefficient (Wildman–Crippen LogP) is 0.747. The summed E-state index contributed by atoms with van der Waals surface area (Å²) in [5.74, 6) is -0.484. The van der Waals surface area contributed by atoms with E-state index in [-0.39, 0.29) is 25.0 Å². The minimum atomic E-state index is -1.04. The van der Waals surface area contributed by atoms with E-state index in [2.05, 4.69) is 0 Å². The summed E-state index contributed by atoms with van der Waals surface area (Å²) in [7, 11) is 0. The molecule has 2 N–H and O–H groups in total. The van der Waals surface area contributed by atoms with Crippen molar-refractivity contribution in [1.29, 1.82) is 0 Å². The Morgan fingerprint density at radius 2 is 2.00 bits per heavy atom. The smallest absolute Gasteiger partial charge is 0.326 e. The van der Waals surface area contributed by atoms with E-state index in [1.54, 1.807) is 4.90 Å². The molecule has 1 saturated heterocycles. The number of rotatable bonds is 4. The normalized spacial score (nSPS) is 26.8. The van der Waals surface area contributed by atoms with Gasteiger partial charge < -0.3 is 20.0 Å². The van der Waals surface area contributed by atoms with E-state index in [9.17, 15) is 14.7 Å². The summed E-state index contributed by atoms with van der Waals surface area (Å²) in [5.41, 5.74) is 0. The maximum Gasteiger partial charge on any atom is 0.326 e. The van der Waals surface area contributed by atoms with Crippen LogP contribution < -0.4 is 0 Å². The number of aliphatic carboxylic acids is 1. The van der Waals surface area contributed by atoms with Gasteiger partial charge in [0.15, 0.2) is 0 Å². The zero-order valence-corrected chi connectivity index (χ0v) is 11.5. The van der Waals surface area contributed by atoms with Gasteiger partial charge in [-0.05, 0) is 32.6 Å². The lowest BCUT2D eigenvalue weighted by molar-refractivity contribution is -0.141. The van der Waals surface area contributed by atoms with Crippen molar-refractivity contribution in [2.24, 2.45) is 5.92 Å². The SMILES string of the molecule is CC(C)N(CC1CC1)C(=O)N1CC(O)CC1C(=O)O. The molecule has 0 aromatic heterocycles. The van der Waals surface area contributed by atoms with Crippen molar-refractivity contribution in [1.82, 2.24) is 9.80 Å². The molecule has 0 aromatic rings. The topological polar surface area (TPSA) is 81.1 Å². The third kappa shape index (κ3) is 3.18. The van der Waals surface area contributed by atoms with Crippen molar-refractivity contribution in [2.45, 2.75) is 51.3 Å². The third-order valence-electron chi connectivity index (χ3n) is 3.83. The molecule has 108 valence electrons. The van der Waals surface area contributed by atoms with Gasteiger partial charge in [0.2, 0.25) is 0 Å². The van der Waals surface area contributed by atoms with Gasteiger partial charge in [-0.3, -0.25) is 0 Å². The molecule has 1 aliphatic heterocycles. The number of carboxylic acids is 1. The Morgan fingerprint density at radius 3 is 2.47 bits per heavy atom. The largest absolute Gasteiger partial charge is 0.480 e. The number of β-amino-alcohol motifs (C(OH)–C–C–N with tert-alkyl or cyclic N) is 1. The molecule has 2 atom stereocenters. The molecule has 1 saturated carbocycles. The zero-order valence-electron chi connectivity index (χ0n) is 11.5. The standard InChI is InChI=1S/C13H22N2O4/c1-8(2)14(6-9-3-4-9)13(19)15-7-10(16)5-11(15)12(17)18/h8-11,16H,3-7H2,1-2H3,(H,17,18). The second-order valence-electron chi connectivity index (χ2n) is 5.87. The van der Waals surface area contributed by atoms with Gasteiger partial charge in [-0.15, -0.1) is 0 Å². The first-order chi connectivity index (χ1) is 8.90. The van der Waals surface area contributed by atoms with Gasteiger partial charge in [-0.2, -0.15) is 0 Å². The number of aliphatic hydroxyl groups excluding tert-OH is 1. The number of likely N-dealkylation sites (tertiary alicyclic amines) is 1. The van der Waals surface area contributed by atoms with Gasteiger partial charge in [-0.25, -0.2) is 9.59 Å². The van der Waals surface area contributed by atoms with Crippen molar-refractivity contribution in [3.05, 3.63) is 0 Å². The van der Waals surface area contributed by atoms with Crippen molar-refractivity contribution in [3.63, 3.8) is 0 Å². The molecular weight excluding hydrogens is 248 g/mol. The van der Waals surface area contributed by atoms with Gasteiger partial charge >= 0.3 is 12.0 Å². The van der Waals surface area contributed by atoms with Crippen LogP contribution in [0.2, 0.25) is 0 Å². The van der Waals surface area contributed by atoms with Crippen LogP contribution in [0.15, 0.2) is 0 Å². The highest BCUT2D eigenvalue weighted by atomic mass is 16.4. The molecule has 2 amide bonds. The summed E-state index contributed by atoms with van der Waals surface area (Å²) in [6.45, 7) is 4.67. The van der Waals surface area contributed by atoms with Crippen LogP contribution in [0.1, 0.15) is 33.1 Å². The fraction of sp³-hybridized carbons (Fsp3) is 0.846. The highest BCUT2D eigenvalue weighted by molar-refractivity contribution is 5.83. The van der Waals surface area contributed by atoms with Crippen LogP contribution in [0.5, 0.6) is 0 Å². The summed E-state index contributed by atoms with van der Waals surface area (Å²) >= 11 is 0. The minimum Gasteiger partial charge on any atom is -0.480 e. The molecule has 2 fully saturated rings. The lowest BCUT2D eigenvalue weighted by Gasteiger charge is -2.33. The van der Waals surface area contributed by atoms with E-state index in [1.807, 2.05) is 13.8 Å². The first-order valence-corrected chi connectivity index (χ1v) is 6.88. The summed E-state index contributed by atoms with van der Waals surface area (Å²) in [6.07, 6.45) is 1.67. The summed E-state index contributed by atoms with van der Waals surface area (Å²) < 4.78 is 0. The number of amides is 2. The van der Waals surface area contributed by atoms with Crippen LogP contribution in [0.3, 0.4) is 0 Å². The number of urea groups is 1. The number of hydrogen-bond donors (Lipinski definition) is 2. The molecule has 0 radical (unpaired) electrons. The fourth-order valence-electron chi connectivity index (χ4n) is 2.51. The monoisotopic (exact) mass is 270 g/mol. The average molecular weight is 270 g/mol. The molecule has 2 aliphatic rings. The Kier molecular flexibility index (Phi) is 3.99. The van der Waals surface area contributed by atoms with Crippen LogP contribution in [0.4, 0.5) is 4.79 Å². The molecule has 19 heavy (non-hydrogen) atoms. The van der Waals surface area contributed by atoms with E-state index in [4.69, 9.17) is 5.11 Å². The van der Waals surface area contributed by atoms with Crippen molar-refractivity contribution in [3.8, 4) is 0 Å². The molecule has 0 aromatic carbocycles. The Labute approximate surface area is 113 Å². The van der Waals surface area contributed by atoms with Crippen LogP contribution >= 0.6 is 0 Å². The van der Waals surface area contributed by atoms with E-state index < -0.39 is 18.1 Å². The minimum absolute atomic E-state index is 0.0419. The maximum atomic E-state index is 12.5. The van der Waals surface area contributed by atoms with Gasteiger partial charge in [0, 0.05) is 25.6 Å². The van der Waals surface area contributed by atoms with E-state index >= 15 is 0 Å². The second kappa shape index (κ2) is 5.36. The number of carbonyl (C=O) groups is 2.